The molecule has 0 aliphatic carbocycles. The van der Waals surface area contributed by atoms with E-state index in [9.17, 15) is 0 Å². The van der Waals surface area contributed by atoms with Gasteiger partial charge in [0.25, 0.3) is 0 Å². The molecule has 0 bridgehead atoms. The van der Waals surface area contributed by atoms with Gasteiger partial charge in [-0.3, -0.25) is 4.90 Å². The number of piperazine rings is 1. The van der Waals surface area contributed by atoms with Crippen LogP contribution in [0.25, 0.3) is 0 Å². The summed E-state index contributed by atoms with van der Waals surface area (Å²) in [5.74, 6) is 0. The van der Waals surface area contributed by atoms with Crippen LogP contribution < -0.4 is 0 Å². The summed E-state index contributed by atoms with van der Waals surface area (Å²) >= 11 is 1.61. The summed E-state index contributed by atoms with van der Waals surface area (Å²) in [4.78, 5) is 6.17. The minimum Gasteiger partial charge on any atom is -0.304 e. The van der Waals surface area contributed by atoms with Crippen molar-refractivity contribution < 1.29 is 0 Å². The van der Waals surface area contributed by atoms with Gasteiger partial charge in [-0.2, -0.15) is 4.37 Å². The Bertz CT molecular complexity index is 289. The quantitative estimate of drug-likeness (QED) is 0.733. The highest BCUT2D eigenvalue weighted by Crippen LogP contribution is 2.11. The molecule has 0 N–H and O–H groups in total. The second kappa shape index (κ2) is 4.38. The lowest BCUT2D eigenvalue weighted by Crippen LogP contribution is -2.43. The maximum Gasteiger partial charge on any atom is 0.0685 e. The molecule has 1 aromatic rings. The molecule has 1 aliphatic heterocycles. The Kier molecular flexibility index (Phi) is 3.15. The fourth-order valence-corrected chi connectivity index (χ4v) is 2.29. The van der Waals surface area contributed by atoms with Gasteiger partial charge >= 0.3 is 0 Å². The number of likely N-dealkylation sites (N-methyl/N-ethyl adjacent to an activating group) is 1. The molecule has 14 heavy (non-hydrogen) atoms. The Morgan fingerprint density at radius 3 is 2.64 bits per heavy atom. The molecule has 1 saturated heterocycles. The minimum atomic E-state index is 1.03. The molecular formula is C10H17N3S. The van der Waals surface area contributed by atoms with Crippen molar-refractivity contribution in [3.05, 3.63) is 16.6 Å². The van der Waals surface area contributed by atoms with Crippen LogP contribution in [0.1, 0.15) is 10.6 Å². The molecule has 1 aliphatic rings. The van der Waals surface area contributed by atoms with Crippen LogP contribution in [0.4, 0.5) is 0 Å². The zero-order chi connectivity index (χ0) is 9.97. The first kappa shape index (κ1) is 10.1. The molecule has 78 valence electrons. The third-order valence-electron chi connectivity index (χ3n) is 2.66. The van der Waals surface area contributed by atoms with Crippen LogP contribution in [-0.4, -0.2) is 47.4 Å². The molecule has 1 fully saturated rings. The molecule has 3 nitrogen and oxygen atoms in total. The minimum absolute atomic E-state index is 1.03. The van der Waals surface area contributed by atoms with Crippen LogP contribution in [0, 0.1) is 6.92 Å². The topological polar surface area (TPSA) is 19.4 Å². The molecule has 0 aromatic carbocycles. The summed E-state index contributed by atoms with van der Waals surface area (Å²) < 4.78 is 4.42. The standard InChI is InChI=1S/C10H17N3S/c1-9-7-10(11-14-9)8-13-5-3-12(2)4-6-13/h7H,3-6,8H2,1-2H3. The van der Waals surface area contributed by atoms with Crippen LogP contribution in [0.3, 0.4) is 0 Å². The SMILES string of the molecule is Cc1cc(CN2CCN(C)CC2)ns1. The van der Waals surface area contributed by atoms with Crippen LogP contribution in [-0.2, 0) is 6.54 Å². The summed E-state index contributed by atoms with van der Waals surface area (Å²) in [5.41, 5.74) is 1.23. The largest absolute Gasteiger partial charge is 0.304 e. The van der Waals surface area contributed by atoms with Crippen molar-refractivity contribution in [1.82, 2.24) is 14.2 Å². The van der Waals surface area contributed by atoms with Crippen molar-refractivity contribution in [1.29, 1.82) is 0 Å². The van der Waals surface area contributed by atoms with E-state index in [0.29, 0.717) is 0 Å². The van der Waals surface area contributed by atoms with Gasteiger partial charge in [0.2, 0.25) is 0 Å². The summed E-state index contributed by atoms with van der Waals surface area (Å²) in [6.45, 7) is 7.86. The van der Waals surface area contributed by atoms with E-state index in [1.54, 1.807) is 11.5 Å². The zero-order valence-electron chi connectivity index (χ0n) is 8.86. The summed E-state index contributed by atoms with van der Waals surface area (Å²) in [6.07, 6.45) is 0. The van der Waals surface area contributed by atoms with Gasteiger partial charge < -0.3 is 4.90 Å². The number of rotatable bonds is 2. The molecule has 2 rings (SSSR count). The Labute approximate surface area is 89.5 Å². The Hall–Kier alpha value is -0.450. The van der Waals surface area contributed by atoms with Crippen molar-refractivity contribution in [3.8, 4) is 0 Å². The number of hydrogen-bond acceptors (Lipinski definition) is 4. The number of nitrogens with zero attached hydrogens (tertiary/aromatic N) is 3. The molecule has 0 atom stereocenters. The predicted molar refractivity (Wildman–Crippen MR) is 59.6 cm³/mol. The highest BCUT2D eigenvalue weighted by molar-refractivity contribution is 7.05. The van der Waals surface area contributed by atoms with Crippen LogP contribution >= 0.6 is 11.5 Å². The lowest BCUT2D eigenvalue weighted by molar-refractivity contribution is 0.147. The molecular weight excluding hydrogens is 194 g/mol. The van der Waals surface area contributed by atoms with Crippen LogP contribution in [0.2, 0.25) is 0 Å². The summed E-state index contributed by atoms with van der Waals surface area (Å²) in [5, 5.41) is 0. The van der Waals surface area contributed by atoms with Gasteiger partial charge in [-0.25, -0.2) is 0 Å². The molecule has 0 radical (unpaired) electrons. The monoisotopic (exact) mass is 211 g/mol. The van der Waals surface area contributed by atoms with E-state index in [1.807, 2.05) is 0 Å². The predicted octanol–water partition coefficient (Wildman–Crippen LogP) is 1.20. The first-order valence-electron chi connectivity index (χ1n) is 5.07. The van der Waals surface area contributed by atoms with Crippen LogP contribution in [0.5, 0.6) is 0 Å². The first-order chi connectivity index (χ1) is 6.74. The average Bonchev–Trinajstić information content (AvgIpc) is 2.56. The van der Waals surface area contributed by atoms with Crippen molar-refractivity contribution in [2.24, 2.45) is 0 Å². The molecule has 0 unspecified atom stereocenters. The highest BCUT2D eigenvalue weighted by atomic mass is 32.1. The van der Waals surface area contributed by atoms with E-state index in [-0.39, 0.29) is 0 Å². The van der Waals surface area contributed by atoms with E-state index >= 15 is 0 Å². The van der Waals surface area contributed by atoms with Crippen molar-refractivity contribution in [3.63, 3.8) is 0 Å². The smallest absolute Gasteiger partial charge is 0.0685 e. The van der Waals surface area contributed by atoms with E-state index in [0.717, 1.165) is 6.54 Å². The van der Waals surface area contributed by atoms with E-state index in [1.165, 1.54) is 36.8 Å². The maximum atomic E-state index is 4.42. The third-order valence-corrected chi connectivity index (χ3v) is 3.39. The summed E-state index contributed by atoms with van der Waals surface area (Å²) in [7, 11) is 2.18. The lowest BCUT2D eigenvalue weighted by atomic mass is 10.3. The van der Waals surface area contributed by atoms with Gasteiger partial charge in [0, 0.05) is 37.6 Å². The van der Waals surface area contributed by atoms with E-state index in [2.05, 4.69) is 34.2 Å². The fraction of sp³-hybridized carbons (Fsp3) is 0.700. The van der Waals surface area contributed by atoms with E-state index < -0.39 is 0 Å². The second-order valence-electron chi connectivity index (χ2n) is 4.01. The number of hydrogen-bond donors (Lipinski definition) is 0. The molecule has 0 spiro atoms. The Morgan fingerprint density at radius 1 is 1.36 bits per heavy atom. The Balaban J connectivity index is 1.86. The zero-order valence-corrected chi connectivity index (χ0v) is 9.68. The van der Waals surface area contributed by atoms with Gasteiger partial charge in [0.1, 0.15) is 0 Å². The second-order valence-corrected chi connectivity index (χ2v) is 5.02. The normalized spacial score (nSPS) is 20.1. The van der Waals surface area contributed by atoms with Gasteiger partial charge in [-0.15, -0.1) is 0 Å². The highest BCUT2D eigenvalue weighted by Gasteiger charge is 2.14. The van der Waals surface area contributed by atoms with Gasteiger partial charge in [0.05, 0.1) is 5.69 Å². The average molecular weight is 211 g/mol. The Morgan fingerprint density at radius 2 is 2.07 bits per heavy atom. The maximum absolute atomic E-state index is 4.42. The van der Waals surface area contributed by atoms with E-state index in [4.69, 9.17) is 0 Å². The molecule has 1 aromatic heterocycles. The van der Waals surface area contributed by atoms with Gasteiger partial charge in [-0.05, 0) is 31.6 Å². The fourth-order valence-electron chi connectivity index (χ4n) is 1.73. The lowest BCUT2D eigenvalue weighted by Gasteiger charge is -2.31. The van der Waals surface area contributed by atoms with Crippen molar-refractivity contribution >= 4 is 11.5 Å². The van der Waals surface area contributed by atoms with Crippen molar-refractivity contribution in [2.75, 3.05) is 33.2 Å². The first-order valence-corrected chi connectivity index (χ1v) is 5.84. The molecule has 0 amide bonds. The van der Waals surface area contributed by atoms with Gasteiger partial charge in [0.15, 0.2) is 0 Å². The molecule has 4 heteroatoms. The molecule has 0 saturated carbocycles. The van der Waals surface area contributed by atoms with Gasteiger partial charge in [-0.1, -0.05) is 0 Å². The molecule has 2 heterocycles. The van der Waals surface area contributed by atoms with Crippen molar-refractivity contribution in [2.45, 2.75) is 13.5 Å². The number of aromatic nitrogens is 1. The third kappa shape index (κ3) is 2.53. The van der Waals surface area contributed by atoms with Crippen LogP contribution in [0.15, 0.2) is 6.07 Å². The summed E-state index contributed by atoms with van der Waals surface area (Å²) in [6, 6.07) is 2.20. The number of aryl methyl sites for hydroxylation is 1.